The summed E-state index contributed by atoms with van der Waals surface area (Å²) in [6.07, 6.45) is 8.79. The number of amides is 1. The highest BCUT2D eigenvalue weighted by molar-refractivity contribution is 7.92. The first-order chi connectivity index (χ1) is 15.9. The monoisotopic (exact) mass is 474 g/mol. The maximum absolute atomic E-state index is 13.0. The molecule has 2 N–H and O–H groups in total. The van der Waals surface area contributed by atoms with Gasteiger partial charge in [-0.05, 0) is 68.1 Å². The lowest BCUT2D eigenvalue weighted by Crippen LogP contribution is -2.16. The summed E-state index contributed by atoms with van der Waals surface area (Å²) < 4.78 is 39.3. The first kappa shape index (κ1) is 24.9. The van der Waals surface area contributed by atoms with E-state index in [1.807, 2.05) is 6.92 Å². The SMILES string of the molecule is CCOc1ccc(NS(=O)(=O)c2cc(NC(=O)CCCC3CCCCC3)ccc2OC)cc1. The largest absolute Gasteiger partial charge is 0.495 e. The van der Waals surface area contributed by atoms with Crippen molar-refractivity contribution in [2.75, 3.05) is 23.8 Å². The molecule has 1 aliphatic rings. The van der Waals surface area contributed by atoms with E-state index in [1.165, 1.54) is 45.3 Å². The molecule has 1 amide bonds. The minimum Gasteiger partial charge on any atom is -0.495 e. The van der Waals surface area contributed by atoms with Crippen LogP contribution in [-0.2, 0) is 14.8 Å². The Kier molecular flexibility index (Phi) is 9.00. The van der Waals surface area contributed by atoms with Gasteiger partial charge in [0, 0.05) is 17.8 Å². The van der Waals surface area contributed by atoms with Gasteiger partial charge in [-0.1, -0.05) is 32.1 Å². The van der Waals surface area contributed by atoms with Gasteiger partial charge in [0.1, 0.15) is 16.4 Å². The average Bonchev–Trinajstić information content (AvgIpc) is 2.81. The zero-order valence-corrected chi connectivity index (χ0v) is 20.2. The van der Waals surface area contributed by atoms with Crippen molar-refractivity contribution < 1.29 is 22.7 Å². The van der Waals surface area contributed by atoms with Crippen LogP contribution in [0.15, 0.2) is 47.4 Å². The predicted octanol–water partition coefficient (Wildman–Crippen LogP) is 5.58. The Morgan fingerprint density at radius 3 is 2.39 bits per heavy atom. The van der Waals surface area contributed by atoms with E-state index in [2.05, 4.69) is 10.0 Å². The number of carbonyl (C=O) groups is 1. The van der Waals surface area contributed by atoms with Crippen LogP contribution in [0.1, 0.15) is 58.3 Å². The van der Waals surface area contributed by atoms with Crippen molar-refractivity contribution in [3.63, 3.8) is 0 Å². The highest BCUT2D eigenvalue weighted by Crippen LogP contribution is 2.30. The molecule has 180 valence electrons. The number of carbonyl (C=O) groups excluding carboxylic acids is 1. The number of rotatable bonds is 11. The minimum absolute atomic E-state index is 0.0427. The van der Waals surface area contributed by atoms with E-state index in [-0.39, 0.29) is 16.6 Å². The van der Waals surface area contributed by atoms with Crippen LogP contribution >= 0.6 is 0 Å². The van der Waals surface area contributed by atoms with Gasteiger partial charge in [0.2, 0.25) is 5.91 Å². The van der Waals surface area contributed by atoms with E-state index in [4.69, 9.17) is 9.47 Å². The third-order valence-electron chi connectivity index (χ3n) is 5.90. The Labute approximate surface area is 196 Å². The van der Waals surface area contributed by atoms with Crippen molar-refractivity contribution in [1.82, 2.24) is 0 Å². The standard InChI is InChI=1S/C25H34N2O5S/c1-3-32-22-15-12-20(13-16-22)27-33(29,30)24-18-21(14-17-23(24)31-2)26-25(28)11-7-10-19-8-5-4-6-9-19/h12-19,27H,3-11H2,1-2H3,(H,26,28). The smallest absolute Gasteiger partial charge is 0.265 e. The number of hydrogen-bond donors (Lipinski definition) is 2. The van der Waals surface area contributed by atoms with Crippen molar-refractivity contribution in [2.45, 2.75) is 63.2 Å². The van der Waals surface area contributed by atoms with Crippen LogP contribution < -0.4 is 19.5 Å². The topological polar surface area (TPSA) is 93.7 Å². The van der Waals surface area contributed by atoms with E-state index in [0.29, 0.717) is 30.2 Å². The molecule has 0 spiro atoms. The molecule has 0 saturated heterocycles. The van der Waals surface area contributed by atoms with Gasteiger partial charge in [-0.2, -0.15) is 0 Å². The highest BCUT2D eigenvalue weighted by Gasteiger charge is 2.21. The molecule has 8 heteroatoms. The lowest BCUT2D eigenvalue weighted by Gasteiger charge is -2.21. The molecule has 0 radical (unpaired) electrons. The van der Waals surface area contributed by atoms with Gasteiger partial charge in [0.05, 0.1) is 13.7 Å². The van der Waals surface area contributed by atoms with Gasteiger partial charge >= 0.3 is 0 Å². The van der Waals surface area contributed by atoms with E-state index in [9.17, 15) is 13.2 Å². The summed E-state index contributed by atoms with van der Waals surface area (Å²) >= 11 is 0. The molecule has 1 aliphatic carbocycles. The number of ether oxygens (including phenoxy) is 2. The number of benzene rings is 2. The molecule has 0 aliphatic heterocycles. The van der Waals surface area contributed by atoms with Crippen LogP contribution in [-0.4, -0.2) is 28.0 Å². The molecule has 0 atom stereocenters. The van der Waals surface area contributed by atoms with Gasteiger partial charge in [-0.15, -0.1) is 0 Å². The summed E-state index contributed by atoms with van der Waals surface area (Å²) in [5.41, 5.74) is 0.822. The van der Waals surface area contributed by atoms with Crippen LogP contribution in [0.4, 0.5) is 11.4 Å². The van der Waals surface area contributed by atoms with E-state index < -0.39 is 10.0 Å². The molecule has 2 aromatic carbocycles. The van der Waals surface area contributed by atoms with Gasteiger partial charge in [-0.25, -0.2) is 8.42 Å². The van der Waals surface area contributed by atoms with Crippen LogP contribution in [0.5, 0.6) is 11.5 Å². The number of nitrogens with one attached hydrogen (secondary N) is 2. The van der Waals surface area contributed by atoms with E-state index in [0.717, 1.165) is 18.8 Å². The Balaban J connectivity index is 1.64. The van der Waals surface area contributed by atoms with Gasteiger partial charge in [0.25, 0.3) is 10.0 Å². The Morgan fingerprint density at radius 2 is 1.73 bits per heavy atom. The molecule has 3 rings (SSSR count). The molecule has 2 aromatic rings. The molecule has 1 saturated carbocycles. The highest BCUT2D eigenvalue weighted by atomic mass is 32.2. The summed E-state index contributed by atoms with van der Waals surface area (Å²) in [5, 5.41) is 2.83. The van der Waals surface area contributed by atoms with Crippen molar-refractivity contribution in [3.05, 3.63) is 42.5 Å². The van der Waals surface area contributed by atoms with Crippen molar-refractivity contribution in [1.29, 1.82) is 0 Å². The third-order valence-corrected chi connectivity index (χ3v) is 7.30. The summed E-state index contributed by atoms with van der Waals surface area (Å²) in [5.74, 6) is 1.48. The second-order valence-electron chi connectivity index (χ2n) is 8.37. The Hall–Kier alpha value is -2.74. The predicted molar refractivity (Wildman–Crippen MR) is 130 cm³/mol. The van der Waals surface area contributed by atoms with Crippen molar-refractivity contribution in [3.8, 4) is 11.5 Å². The molecule has 1 fully saturated rings. The van der Waals surface area contributed by atoms with Crippen molar-refractivity contribution in [2.24, 2.45) is 5.92 Å². The first-order valence-corrected chi connectivity index (χ1v) is 13.1. The lowest BCUT2D eigenvalue weighted by molar-refractivity contribution is -0.116. The fraction of sp³-hybridized carbons (Fsp3) is 0.480. The maximum atomic E-state index is 13.0. The third kappa shape index (κ3) is 7.39. The van der Waals surface area contributed by atoms with Crippen LogP contribution in [0, 0.1) is 5.92 Å². The fourth-order valence-electron chi connectivity index (χ4n) is 4.21. The maximum Gasteiger partial charge on any atom is 0.265 e. The summed E-state index contributed by atoms with van der Waals surface area (Å²) in [4.78, 5) is 12.4. The summed E-state index contributed by atoms with van der Waals surface area (Å²) in [6.45, 7) is 2.41. The Morgan fingerprint density at radius 1 is 1.03 bits per heavy atom. The van der Waals surface area contributed by atoms with Gasteiger partial charge < -0.3 is 14.8 Å². The second-order valence-corrected chi connectivity index (χ2v) is 10.0. The summed E-state index contributed by atoms with van der Waals surface area (Å²) in [6, 6.07) is 11.3. The molecule has 33 heavy (non-hydrogen) atoms. The summed E-state index contributed by atoms with van der Waals surface area (Å²) in [7, 11) is -2.53. The molecular weight excluding hydrogens is 440 g/mol. The Bertz CT molecular complexity index is 1020. The number of hydrogen-bond acceptors (Lipinski definition) is 5. The second kappa shape index (κ2) is 11.9. The zero-order valence-electron chi connectivity index (χ0n) is 19.4. The first-order valence-electron chi connectivity index (χ1n) is 11.6. The van der Waals surface area contributed by atoms with E-state index >= 15 is 0 Å². The molecule has 0 bridgehead atoms. The molecule has 7 nitrogen and oxygen atoms in total. The fourth-order valence-corrected chi connectivity index (χ4v) is 5.47. The zero-order chi connectivity index (χ0) is 23.7. The lowest BCUT2D eigenvalue weighted by atomic mass is 9.86. The number of sulfonamides is 1. The number of anilines is 2. The quantitative estimate of drug-likeness (QED) is 0.443. The van der Waals surface area contributed by atoms with Gasteiger partial charge in [-0.3, -0.25) is 9.52 Å². The van der Waals surface area contributed by atoms with Crippen LogP contribution in [0.2, 0.25) is 0 Å². The van der Waals surface area contributed by atoms with Gasteiger partial charge in [0.15, 0.2) is 0 Å². The molecule has 0 heterocycles. The average molecular weight is 475 g/mol. The molecular formula is C25H34N2O5S. The van der Waals surface area contributed by atoms with E-state index in [1.54, 1.807) is 36.4 Å². The normalized spacial score (nSPS) is 14.5. The van der Waals surface area contributed by atoms with Crippen LogP contribution in [0.25, 0.3) is 0 Å². The molecule has 0 unspecified atom stereocenters. The van der Waals surface area contributed by atoms with Crippen LogP contribution in [0.3, 0.4) is 0 Å². The molecule has 0 aromatic heterocycles. The van der Waals surface area contributed by atoms with Crippen molar-refractivity contribution >= 4 is 27.3 Å². The number of methoxy groups -OCH3 is 1. The minimum atomic E-state index is -3.94.